The van der Waals surface area contributed by atoms with E-state index in [2.05, 4.69) is 33.4 Å². The van der Waals surface area contributed by atoms with Crippen molar-refractivity contribution in [3.05, 3.63) is 35.4 Å². The van der Waals surface area contributed by atoms with Gasteiger partial charge in [0.2, 0.25) is 5.91 Å². The van der Waals surface area contributed by atoms with Crippen molar-refractivity contribution in [1.82, 2.24) is 15.1 Å². The lowest BCUT2D eigenvalue weighted by Gasteiger charge is -2.29. The van der Waals surface area contributed by atoms with Crippen molar-refractivity contribution < 1.29 is 9.53 Å². The summed E-state index contributed by atoms with van der Waals surface area (Å²) in [7, 11) is 2.03. The predicted molar refractivity (Wildman–Crippen MR) is 119 cm³/mol. The fourth-order valence-corrected chi connectivity index (χ4v) is 3.62. The van der Waals surface area contributed by atoms with Crippen molar-refractivity contribution in [2.24, 2.45) is 10.9 Å². The lowest BCUT2D eigenvalue weighted by molar-refractivity contribution is -0.130. The number of nitrogens with one attached hydrogen (secondary N) is 1. The average molecular weight is 486 g/mol. The molecule has 1 saturated heterocycles. The Labute approximate surface area is 179 Å². The van der Waals surface area contributed by atoms with Crippen molar-refractivity contribution in [3.8, 4) is 0 Å². The SMILES string of the molecule is CCNC(=NCC(=O)N1CCc2ccccc2C1)N(C)CC1CCOC1.I. The maximum Gasteiger partial charge on any atom is 0.244 e. The number of rotatable bonds is 5. The molecule has 7 heteroatoms. The number of carbonyl (C=O) groups excluding carboxylic acids is 1. The maximum atomic E-state index is 12.6. The Morgan fingerprint density at radius 2 is 2.15 bits per heavy atom. The van der Waals surface area contributed by atoms with Gasteiger partial charge < -0.3 is 19.9 Å². The van der Waals surface area contributed by atoms with Gasteiger partial charge in [-0.2, -0.15) is 0 Å². The molecule has 0 radical (unpaired) electrons. The fourth-order valence-electron chi connectivity index (χ4n) is 3.62. The van der Waals surface area contributed by atoms with Gasteiger partial charge in [0, 0.05) is 45.8 Å². The van der Waals surface area contributed by atoms with Crippen LogP contribution >= 0.6 is 24.0 Å². The van der Waals surface area contributed by atoms with Crippen molar-refractivity contribution in [2.75, 3.05) is 46.4 Å². The van der Waals surface area contributed by atoms with E-state index in [1.54, 1.807) is 0 Å². The number of benzene rings is 1. The van der Waals surface area contributed by atoms with E-state index in [4.69, 9.17) is 4.74 Å². The quantitative estimate of drug-likeness (QED) is 0.394. The van der Waals surface area contributed by atoms with Gasteiger partial charge >= 0.3 is 0 Å². The molecule has 27 heavy (non-hydrogen) atoms. The molecular weight excluding hydrogens is 455 g/mol. The highest BCUT2D eigenvalue weighted by Gasteiger charge is 2.21. The van der Waals surface area contributed by atoms with Gasteiger partial charge in [0.1, 0.15) is 6.54 Å². The summed E-state index contributed by atoms with van der Waals surface area (Å²) < 4.78 is 5.46. The Kier molecular flexibility index (Phi) is 8.82. The highest BCUT2D eigenvalue weighted by molar-refractivity contribution is 14.0. The van der Waals surface area contributed by atoms with Crippen LogP contribution in [0.4, 0.5) is 0 Å². The number of amides is 1. The van der Waals surface area contributed by atoms with E-state index < -0.39 is 0 Å². The van der Waals surface area contributed by atoms with Crippen LogP contribution in [-0.4, -0.2) is 68.1 Å². The van der Waals surface area contributed by atoms with Crippen LogP contribution in [0.3, 0.4) is 0 Å². The summed E-state index contributed by atoms with van der Waals surface area (Å²) in [5, 5.41) is 3.29. The molecule has 2 heterocycles. The van der Waals surface area contributed by atoms with Crippen LogP contribution in [0.15, 0.2) is 29.3 Å². The molecular formula is C20H31IN4O2. The second-order valence-corrected chi connectivity index (χ2v) is 7.11. The van der Waals surface area contributed by atoms with Crippen LogP contribution in [0.25, 0.3) is 0 Å². The van der Waals surface area contributed by atoms with E-state index in [1.807, 2.05) is 24.9 Å². The first-order valence-corrected chi connectivity index (χ1v) is 9.59. The van der Waals surface area contributed by atoms with Gasteiger partial charge in [-0.3, -0.25) is 4.79 Å². The molecule has 3 rings (SSSR count). The molecule has 0 bridgehead atoms. The minimum Gasteiger partial charge on any atom is -0.381 e. The first-order chi connectivity index (χ1) is 12.7. The number of carbonyl (C=O) groups is 1. The highest BCUT2D eigenvalue weighted by Crippen LogP contribution is 2.18. The number of nitrogens with zero attached hydrogens (tertiary/aromatic N) is 3. The second kappa shape index (κ2) is 10.8. The largest absolute Gasteiger partial charge is 0.381 e. The number of guanidine groups is 1. The molecule has 2 aliphatic rings. The minimum atomic E-state index is 0. The molecule has 6 nitrogen and oxygen atoms in total. The van der Waals surface area contributed by atoms with Crippen LogP contribution in [-0.2, 0) is 22.5 Å². The average Bonchev–Trinajstić information content (AvgIpc) is 3.17. The third-order valence-electron chi connectivity index (χ3n) is 5.10. The van der Waals surface area contributed by atoms with Gasteiger partial charge in [0.15, 0.2) is 5.96 Å². The highest BCUT2D eigenvalue weighted by atomic mass is 127. The zero-order valence-corrected chi connectivity index (χ0v) is 18.6. The van der Waals surface area contributed by atoms with Crippen LogP contribution in [0, 0.1) is 5.92 Å². The molecule has 0 saturated carbocycles. The summed E-state index contributed by atoms with van der Waals surface area (Å²) in [6.45, 7) is 7.05. The minimum absolute atomic E-state index is 0. The summed E-state index contributed by atoms with van der Waals surface area (Å²) in [5.41, 5.74) is 2.60. The fraction of sp³-hybridized carbons (Fsp3) is 0.600. The van der Waals surface area contributed by atoms with E-state index >= 15 is 0 Å². The van der Waals surface area contributed by atoms with Gasteiger partial charge in [-0.15, -0.1) is 24.0 Å². The lowest BCUT2D eigenvalue weighted by atomic mass is 10.00. The van der Waals surface area contributed by atoms with Gasteiger partial charge in [0.05, 0.1) is 6.61 Å². The van der Waals surface area contributed by atoms with E-state index in [0.29, 0.717) is 12.5 Å². The Morgan fingerprint density at radius 3 is 2.85 bits per heavy atom. The summed E-state index contributed by atoms with van der Waals surface area (Å²) in [5.74, 6) is 1.43. The Hall–Kier alpha value is -1.35. The summed E-state index contributed by atoms with van der Waals surface area (Å²) in [4.78, 5) is 21.3. The molecule has 1 fully saturated rings. The van der Waals surface area contributed by atoms with Crippen molar-refractivity contribution in [2.45, 2.75) is 26.3 Å². The van der Waals surface area contributed by atoms with Gasteiger partial charge in [-0.05, 0) is 30.9 Å². The second-order valence-electron chi connectivity index (χ2n) is 7.11. The zero-order chi connectivity index (χ0) is 18.4. The molecule has 0 aromatic heterocycles. The van der Waals surface area contributed by atoms with Gasteiger partial charge in [-0.1, -0.05) is 24.3 Å². The number of hydrogen-bond donors (Lipinski definition) is 1. The lowest BCUT2D eigenvalue weighted by Crippen LogP contribution is -2.43. The first kappa shape index (κ1) is 21.9. The normalized spacial score (nSPS) is 19.3. The molecule has 1 unspecified atom stereocenters. The smallest absolute Gasteiger partial charge is 0.244 e. The number of halogens is 1. The van der Waals surface area contributed by atoms with Gasteiger partial charge in [-0.25, -0.2) is 4.99 Å². The summed E-state index contributed by atoms with van der Waals surface area (Å²) >= 11 is 0. The third-order valence-corrected chi connectivity index (χ3v) is 5.10. The first-order valence-electron chi connectivity index (χ1n) is 9.59. The molecule has 0 spiro atoms. The van der Waals surface area contributed by atoms with E-state index in [9.17, 15) is 4.79 Å². The molecule has 1 atom stereocenters. The molecule has 1 aromatic rings. The van der Waals surface area contributed by atoms with E-state index in [0.717, 1.165) is 51.6 Å². The predicted octanol–water partition coefficient (Wildman–Crippen LogP) is 2.12. The summed E-state index contributed by atoms with van der Waals surface area (Å²) in [6.07, 6.45) is 2.02. The molecule has 1 aromatic carbocycles. The number of aliphatic imine (C=N–C) groups is 1. The Morgan fingerprint density at radius 1 is 1.37 bits per heavy atom. The van der Waals surface area contributed by atoms with E-state index in [-0.39, 0.29) is 36.4 Å². The van der Waals surface area contributed by atoms with Crippen LogP contribution in [0.1, 0.15) is 24.5 Å². The van der Waals surface area contributed by atoms with Crippen molar-refractivity contribution in [3.63, 3.8) is 0 Å². The topological polar surface area (TPSA) is 57.2 Å². The third kappa shape index (κ3) is 6.07. The van der Waals surface area contributed by atoms with E-state index in [1.165, 1.54) is 11.1 Å². The monoisotopic (exact) mass is 486 g/mol. The molecule has 1 N–H and O–H groups in total. The molecule has 2 aliphatic heterocycles. The van der Waals surface area contributed by atoms with Crippen LogP contribution in [0.2, 0.25) is 0 Å². The Bertz CT molecular complexity index is 647. The molecule has 1 amide bonds. The molecule has 0 aliphatic carbocycles. The summed E-state index contributed by atoms with van der Waals surface area (Å²) in [6, 6.07) is 8.37. The maximum absolute atomic E-state index is 12.6. The van der Waals surface area contributed by atoms with Crippen molar-refractivity contribution in [1.29, 1.82) is 0 Å². The number of fused-ring (bicyclic) bond motifs is 1. The van der Waals surface area contributed by atoms with Crippen LogP contribution < -0.4 is 5.32 Å². The number of hydrogen-bond acceptors (Lipinski definition) is 3. The Balaban J connectivity index is 0.00000261. The van der Waals surface area contributed by atoms with Crippen molar-refractivity contribution >= 4 is 35.8 Å². The van der Waals surface area contributed by atoms with Crippen LogP contribution in [0.5, 0.6) is 0 Å². The standard InChI is InChI=1S/C20H30N4O2.HI/c1-3-21-20(23(2)13-16-9-11-26-15-16)22-12-19(25)24-10-8-17-6-4-5-7-18(17)14-24;/h4-7,16H,3,8-15H2,1-2H3,(H,21,22);1H. The number of ether oxygens (including phenoxy) is 1. The molecule has 150 valence electrons. The van der Waals surface area contributed by atoms with Gasteiger partial charge in [0.25, 0.3) is 0 Å². The zero-order valence-electron chi connectivity index (χ0n) is 16.3.